The highest BCUT2D eigenvalue weighted by molar-refractivity contribution is 4.87. The highest BCUT2D eigenvalue weighted by Crippen LogP contribution is 2.30. The van der Waals surface area contributed by atoms with Crippen LogP contribution in [0.2, 0.25) is 0 Å². The maximum Gasteiger partial charge on any atom is 0.0209 e. The van der Waals surface area contributed by atoms with E-state index in [1.807, 2.05) is 0 Å². The first-order valence-electron chi connectivity index (χ1n) is 6.67. The van der Waals surface area contributed by atoms with Crippen molar-refractivity contribution in [1.82, 2.24) is 10.2 Å². The summed E-state index contributed by atoms with van der Waals surface area (Å²) in [7, 11) is 0. The van der Waals surface area contributed by atoms with Crippen molar-refractivity contribution in [3.8, 4) is 0 Å². The van der Waals surface area contributed by atoms with Gasteiger partial charge < -0.3 is 5.32 Å². The Kier molecular flexibility index (Phi) is 3.68. The van der Waals surface area contributed by atoms with Crippen LogP contribution in [0.25, 0.3) is 0 Å². The molecule has 1 aliphatic carbocycles. The average Bonchev–Trinajstić information content (AvgIpc) is 2.48. The van der Waals surface area contributed by atoms with E-state index in [-0.39, 0.29) is 0 Å². The van der Waals surface area contributed by atoms with Crippen molar-refractivity contribution in [2.45, 2.75) is 64.6 Å². The molecule has 88 valence electrons. The molecule has 2 heteroatoms. The first kappa shape index (κ1) is 11.4. The van der Waals surface area contributed by atoms with Gasteiger partial charge in [-0.25, -0.2) is 0 Å². The molecule has 0 aromatic rings. The van der Waals surface area contributed by atoms with Gasteiger partial charge in [-0.15, -0.1) is 0 Å². The smallest absolute Gasteiger partial charge is 0.0209 e. The maximum atomic E-state index is 3.82. The molecule has 1 saturated heterocycles. The van der Waals surface area contributed by atoms with Crippen LogP contribution in [0.4, 0.5) is 0 Å². The topological polar surface area (TPSA) is 15.3 Å². The van der Waals surface area contributed by atoms with Gasteiger partial charge in [0.05, 0.1) is 0 Å². The predicted octanol–water partition coefficient (Wildman–Crippen LogP) is 2.25. The van der Waals surface area contributed by atoms with Gasteiger partial charge in [-0.1, -0.05) is 6.42 Å². The van der Waals surface area contributed by atoms with Crippen molar-refractivity contribution in [3.63, 3.8) is 0 Å². The van der Waals surface area contributed by atoms with Crippen molar-refractivity contribution in [1.29, 1.82) is 0 Å². The lowest BCUT2D eigenvalue weighted by molar-refractivity contribution is 0.218. The van der Waals surface area contributed by atoms with Gasteiger partial charge in [-0.3, -0.25) is 4.90 Å². The minimum Gasteiger partial charge on any atom is -0.310 e. The van der Waals surface area contributed by atoms with Crippen molar-refractivity contribution in [3.05, 3.63) is 0 Å². The zero-order valence-electron chi connectivity index (χ0n) is 10.5. The van der Waals surface area contributed by atoms with Crippen LogP contribution in [0.3, 0.4) is 0 Å². The van der Waals surface area contributed by atoms with E-state index in [0.29, 0.717) is 0 Å². The number of nitrogens with zero attached hydrogens (tertiary/aromatic N) is 1. The van der Waals surface area contributed by atoms with Crippen molar-refractivity contribution < 1.29 is 0 Å². The molecule has 2 rings (SSSR count). The fourth-order valence-electron chi connectivity index (χ4n) is 2.84. The van der Waals surface area contributed by atoms with Crippen LogP contribution >= 0.6 is 0 Å². The monoisotopic (exact) mass is 210 g/mol. The largest absolute Gasteiger partial charge is 0.310 e. The molecule has 1 N–H and O–H groups in total. The summed E-state index contributed by atoms with van der Waals surface area (Å²) >= 11 is 0. The SMILES string of the molecule is CC(NC1CCN(C(C)C)C1)C1CCC1. The number of rotatable bonds is 4. The van der Waals surface area contributed by atoms with Crippen molar-refractivity contribution in [2.24, 2.45) is 5.92 Å². The number of hydrogen-bond donors (Lipinski definition) is 1. The molecule has 15 heavy (non-hydrogen) atoms. The first-order valence-corrected chi connectivity index (χ1v) is 6.67. The summed E-state index contributed by atoms with van der Waals surface area (Å²) in [6.45, 7) is 9.53. The van der Waals surface area contributed by atoms with Crippen LogP contribution < -0.4 is 5.32 Å². The van der Waals surface area contributed by atoms with Gasteiger partial charge in [0.1, 0.15) is 0 Å². The molecular weight excluding hydrogens is 184 g/mol. The lowest BCUT2D eigenvalue weighted by Gasteiger charge is -2.34. The standard InChI is InChI=1S/C13H26N2/c1-10(2)15-8-7-13(9-15)14-11(3)12-5-4-6-12/h10-14H,4-9H2,1-3H3. The average molecular weight is 210 g/mol. The van der Waals surface area contributed by atoms with E-state index in [4.69, 9.17) is 0 Å². The Morgan fingerprint density at radius 3 is 2.33 bits per heavy atom. The second kappa shape index (κ2) is 4.84. The van der Waals surface area contributed by atoms with Gasteiger partial charge in [0.25, 0.3) is 0 Å². The highest BCUT2D eigenvalue weighted by atomic mass is 15.2. The summed E-state index contributed by atoms with van der Waals surface area (Å²) < 4.78 is 0. The summed E-state index contributed by atoms with van der Waals surface area (Å²) in [6.07, 6.45) is 5.71. The molecule has 1 aliphatic heterocycles. The fraction of sp³-hybridized carbons (Fsp3) is 1.00. The zero-order chi connectivity index (χ0) is 10.8. The van der Waals surface area contributed by atoms with Crippen LogP contribution in [0.15, 0.2) is 0 Å². The van der Waals surface area contributed by atoms with Gasteiger partial charge in [-0.05, 0) is 52.5 Å². The van der Waals surface area contributed by atoms with Gasteiger partial charge >= 0.3 is 0 Å². The van der Waals surface area contributed by atoms with Crippen LogP contribution in [0.5, 0.6) is 0 Å². The van der Waals surface area contributed by atoms with Crippen LogP contribution in [0, 0.1) is 5.92 Å². The van der Waals surface area contributed by atoms with E-state index >= 15 is 0 Å². The second-order valence-corrected chi connectivity index (χ2v) is 5.72. The molecule has 2 aliphatic rings. The number of likely N-dealkylation sites (tertiary alicyclic amines) is 1. The van der Waals surface area contributed by atoms with E-state index < -0.39 is 0 Å². The number of nitrogens with one attached hydrogen (secondary N) is 1. The van der Waals surface area contributed by atoms with E-state index in [1.54, 1.807) is 0 Å². The van der Waals surface area contributed by atoms with Gasteiger partial charge in [0.2, 0.25) is 0 Å². The lowest BCUT2D eigenvalue weighted by Crippen LogP contribution is -2.44. The van der Waals surface area contributed by atoms with Crippen LogP contribution in [-0.2, 0) is 0 Å². The Balaban J connectivity index is 1.71. The van der Waals surface area contributed by atoms with Crippen LogP contribution in [0.1, 0.15) is 46.5 Å². The van der Waals surface area contributed by atoms with E-state index in [0.717, 1.165) is 24.0 Å². The molecule has 0 aromatic heterocycles. The third-order valence-corrected chi connectivity index (χ3v) is 4.31. The van der Waals surface area contributed by atoms with Crippen molar-refractivity contribution >= 4 is 0 Å². The Morgan fingerprint density at radius 1 is 1.13 bits per heavy atom. The molecule has 0 amide bonds. The first-order chi connectivity index (χ1) is 7.16. The Hall–Kier alpha value is -0.0800. The number of hydrogen-bond acceptors (Lipinski definition) is 2. The van der Waals surface area contributed by atoms with E-state index in [1.165, 1.54) is 38.8 Å². The van der Waals surface area contributed by atoms with E-state index in [9.17, 15) is 0 Å². The van der Waals surface area contributed by atoms with Gasteiger partial charge in [-0.2, -0.15) is 0 Å². The molecule has 2 atom stereocenters. The van der Waals surface area contributed by atoms with E-state index in [2.05, 4.69) is 31.0 Å². The maximum absolute atomic E-state index is 3.82. The zero-order valence-corrected chi connectivity index (χ0v) is 10.5. The third-order valence-electron chi connectivity index (χ3n) is 4.31. The highest BCUT2D eigenvalue weighted by Gasteiger charge is 2.29. The van der Waals surface area contributed by atoms with Gasteiger partial charge in [0.15, 0.2) is 0 Å². The van der Waals surface area contributed by atoms with Gasteiger partial charge in [0, 0.05) is 24.7 Å². The Labute approximate surface area is 94.4 Å². The molecule has 1 saturated carbocycles. The molecule has 1 heterocycles. The molecule has 0 spiro atoms. The quantitative estimate of drug-likeness (QED) is 0.765. The minimum absolute atomic E-state index is 0.718. The normalized spacial score (nSPS) is 30.8. The summed E-state index contributed by atoms with van der Waals surface area (Å²) in [5.74, 6) is 0.970. The van der Waals surface area contributed by atoms with Crippen LogP contribution in [-0.4, -0.2) is 36.1 Å². The molecule has 0 radical (unpaired) electrons. The molecule has 0 bridgehead atoms. The van der Waals surface area contributed by atoms with Crippen molar-refractivity contribution in [2.75, 3.05) is 13.1 Å². The predicted molar refractivity (Wildman–Crippen MR) is 65.1 cm³/mol. The minimum atomic E-state index is 0.718. The molecule has 0 aromatic carbocycles. The molecule has 2 unspecified atom stereocenters. The lowest BCUT2D eigenvalue weighted by atomic mass is 9.80. The summed E-state index contributed by atoms with van der Waals surface area (Å²) in [5, 5.41) is 3.82. The Morgan fingerprint density at radius 2 is 1.87 bits per heavy atom. The molecule has 2 nitrogen and oxygen atoms in total. The summed E-state index contributed by atoms with van der Waals surface area (Å²) in [5.41, 5.74) is 0. The summed E-state index contributed by atoms with van der Waals surface area (Å²) in [6, 6.07) is 2.22. The summed E-state index contributed by atoms with van der Waals surface area (Å²) in [4.78, 5) is 2.59. The molecule has 2 fully saturated rings. The fourth-order valence-corrected chi connectivity index (χ4v) is 2.84. The third kappa shape index (κ3) is 2.73. The molecular formula is C13H26N2. The Bertz CT molecular complexity index is 199. The second-order valence-electron chi connectivity index (χ2n) is 5.72.